The van der Waals surface area contributed by atoms with Crippen molar-refractivity contribution in [3.63, 3.8) is 0 Å². The van der Waals surface area contributed by atoms with Crippen LogP contribution in [0.4, 0.5) is 0 Å². The van der Waals surface area contributed by atoms with Crippen molar-refractivity contribution < 1.29 is 132 Å². The Labute approximate surface area is 700 Å². The first-order valence-corrected chi connectivity index (χ1v) is 39.4. The van der Waals surface area contributed by atoms with Gasteiger partial charge in [0.25, 0.3) is 0 Å². The number of aromatic hydroxyl groups is 3. The molecule has 638 valence electrons. The second-order valence-electron chi connectivity index (χ2n) is 31.0. The largest absolute Gasteiger partial charge is 0.508 e. The number of carbonyl (C=O) groups is 9. The molecule has 0 spiro atoms. The van der Waals surface area contributed by atoms with E-state index in [4.69, 9.17) is 73.7 Å². The molecule has 33 nitrogen and oxygen atoms in total. The van der Waals surface area contributed by atoms with Crippen molar-refractivity contribution in [2.24, 2.45) is 23.5 Å². The van der Waals surface area contributed by atoms with E-state index in [-0.39, 0.29) is 46.4 Å². The molecular formula is C84H89Cl3N6O27. The minimum Gasteiger partial charge on any atom is -0.508 e. The number of carboxylic acid groups (broad SMARTS) is 2. The number of nitrogens with two attached hydrogens (primary N) is 1. The molecule has 7 aromatic rings. The summed E-state index contributed by atoms with van der Waals surface area (Å²) >= 11 is 20.4. The number of aliphatic hydroxyl groups is 6. The van der Waals surface area contributed by atoms with Crippen molar-refractivity contribution >= 4 is 87.8 Å². The lowest BCUT2D eigenvalue weighted by Crippen LogP contribution is -2.66. The second-order valence-corrected chi connectivity index (χ2v) is 32.2. The van der Waals surface area contributed by atoms with Crippen LogP contribution in [0, 0.1) is 17.8 Å². The van der Waals surface area contributed by atoms with Crippen LogP contribution in [0.25, 0.3) is 22.3 Å². The third-order valence-corrected chi connectivity index (χ3v) is 22.6. The van der Waals surface area contributed by atoms with Crippen molar-refractivity contribution in [1.29, 1.82) is 0 Å². The number of ether oxygens (including phenoxy) is 7. The summed E-state index contributed by atoms with van der Waals surface area (Å²) in [5.41, 5.74) is 4.06. The number of aliphatic carboxylic acids is 2. The molecule has 0 aromatic heterocycles. The molecule has 14 rings (SSSR count). The van der Waals surface area contributed by atoms with Crippen molar-refractivity contribution in [3.8, 4) is 68.2 Å². The highest BCUT2D eigenvalue weighted by Crippen LogP contribution is 2.51. The number of benzene rings is 7. The minimum absolute atomic E-state index is 0.0452. The number of amides is 5. The van der Waals surface area contributed by atoms with Crippen molar-refractivity contribution in [2.75, 3.05) is 13.2 Å². The van der Waals surface area contributed by atoms with Crippen LogP contribution in [0.2, 0.25) is 15.1 Å². The first-order valence-electron chi connectivity index (χ1n) is 38.3. The predicted molar refractivity (Wildman–Crippen MR) is 425 cm³/mol. The monoisotopic (exact) mass is 1720 g/mol. The van der Waals surface area contributed by atoms with E-state index in [0.29, 0.717) is 17.0 Å². The molecular weight excluding hydrogens is 1630 g/mol. The van der Waals surface area contributed by atoms with Gasteiger partial charge in [0.2, 0.25) is 41.6 Å². The SMILES string of the molecule is CC(C)C[C@@H](C)C(=O)NC1C(=O)C[C@@H](CC(N)=O)C(=O)N[C@H]2C(=O)CC3C(=O)N[C@H](C(=O)N[C@@H](C(=O)O)c4cc(O)cc(O)c4-c4cc3ccc4O)[C@H](O)c3ccc(c(Cl)c3)Oc3cc2cc(c3OC2OC(CO)C(O)C(O)C2OC2CC(C)(NCC(OCc3ccc(-c4ccc(Cl)cc4)cc3)C(=O)O)C(O)C(C)O2)Oc2ccc(cc2Cl)[C@H]1O. The first kappa shape index (κ1) is 88.7. The average Bonchev–Trinajstić information content (AvgIpc) is 0.766. The number of aliphatic hydroxyl groups excluding tert-OH is 6. The summed E-state index contributed by atoms with van der Waals surface area (Å²) in [4.78, 5) is 131. The van der Waals surface area contributed by atoms with Gasteiger partial charge >= 0.3 is 11.9 Å². The van der Waals surface area contributed by atoms with Crippen molar-refractivity contribution in [2.45, 2.75) is 176 Å². The van der Waals surface area contributed by atoms with Gasteiger partial charge in [-0.05, 0) is 132 Å². The lowest BCUT2D eigenvalue weighted by molar-refractivity contribution is -0.334. The molecule has 2 fully saturated rings. The number of phenolic OH excluding ortho intramolecular Hbond substituents is 3. The van der Waals surface area contributed by atoms with E-state index in [0.717, 1.165) is 77.9 Å². The maximum Gasteiger partial charge on any atom is 0.334 e. The number of fused-ring (bicyclic) bond motifs is 15. The molecule has 7 aliphatic heterocycles. The minimum atomic E-state index is -2.28. The summed E-state index contributed by atoms with van der Waals surface area (Å²) in [6.07, 6.45) is -23.1. The van der Waals surface area contributed by atoms with Crippen LogP contribution in [0.3, 0.4) is 0 Å². The number of carbonyl (C=O) groups excluding carboxylic acids is 7. The van der Waals surface area contributed by atoms with Crippen molar-refractivity contribution in [3.05, 3.63) is 176 Å². The highest BCUT2D eigenvalue weighted by Gasteiger charge is 2.53. The Kier molecular flexibility index (Phi) is 27.5. The van der Waals surface area contributed by atoms with Gasteiger partial charge < -0.3 is 122 Å². The molecule has 0 radical (unpaired) electrons. The Bertz CT molecular complexity index is 5080. The average molecular weight is 1720 g/mol. The summed E-state index contributed by atoms with van der Waals surface area (Å²) in [5.74, 6) is -21.1. The van der Waals surface area contributed by atoms with Crippen LogP contribution in [-0.2, 0) is 68.7 Å². The van der Waals surface area contributed by atoms with Gasteiger partial charge in [0.05, 0.1) is 47.3 Å². The van der Waals surface area contributed by atoms with Gasteiger partial charge in [0, 0.05) is 71.5 Å². The standard InChI is InChI=1S/C84H89Cl3N6O27/c1-35(2)20-36(3)77(106)92-68-55(98)24-45(27-63(88)100)78(107)90-66-44-25-59(116-57-18-13-42(70(68)101)22-51(57)86)74(120-83-75(73(104)72(103)62(33-94)118-83)119-64-31-84(5,76(105)37(4)115-64)89-32-61(81(110)111)114-34-38-6-8-39(9-7-38)40-10-15-46(85)16-11-40)60(26-44)117-58-19-14-43(23-52(58)87)71(102)69-80(109)91-67(82(112)113)50-28-47(95)29-54(97)65(50)49-21-41(12-17-53(49)96)48(30-56(66)99)79(108)93-69/h6-19,21-23,25-26,28-29,35-37,45,48,61-62,64,66-73,75-76,83,89,94-97,101-105H,20,24,27,30-34H2,1-5H3,(H2,88,100)(H,90,107)(H,91,109)(H,92,106)(H,93,108)(H,110,111)(H,112,113)/t36-,37?,45+,48?,61?,62?,64?,66-,67-,68?,69+,70-,71-,72?,73?,75?,76?,83?,84?/m1/s1. The van der Waals surface area contributed by atoms with Gasteiger partial charge in [-0.15, -0.1) is 0 Å². The normalized spacial score (nSPS) is 27.0. The number of ketones is 2. The number of primary amides is 1. The molecule has 7 heterocycles. The molecule has 5 amide bonds. The molecule has 7 aliphatic rings. The van der Waals surface area contributed by atoms with E-state index < -0.39 is 268 Å². The topological polar surface area (TPSA) is 527 Å². The van der Waals surface area contributed by atoms with E-state index >= 15 is 19.2 Å². The predicted octanol–water partition coefficient (Wildman–Crippen LogP) is 6.75. The Balaban J connectivity index is 1.00. The van der Waals surface area contributed by atoms with Crippen LogP contribution >= 0.6 is 34.8 Å². The Hall–Kier alpha value is -10.6. The molecule has 120 heavy (non-hydrogen) atoms. The molecule has 2 saturated heterocycles. The van der Waals surface area contributed by atoms with Crippen LogP contribution in [0.5, 0.6) is 46.0 Å². The number of rotatable bonds is 20. The Morgan fingerprint density at radius 1 is 0.675 bits per heavy atom. The molecule has 12 unspecified atom stereocenters. The summed E-state index contributed by atoms with van der Waals surface area (Å²) in [7, 11) is 0. The van der Waals surface area contributed by atoms with Crippen LogP contribution in [0.1, 0.15) is 130 Å². The number of phenols is 3. The Morgan fingerprint density at radius 3 is 1.90 bits per heavy atom. The number of hydrogen-bond donors (Lipinski definition) is 17. The molecule has 19 atom stereocenters. The molecule has 0 saturated carbocycles. The lowest BCUT2D eigenvalue weighted by atomic mass is 9.84. The molecule has 0 aliphatic carbocycles. The van der Waals surface area contributed by atoms with Crippen molar-refractivity contribution in [1.82, 2.24) is 26.6 Å². The highest BCUT2D eigenvalue weighted by atomic mass is 35.5. The number of hydrogen-bond acceptors (Lipinski definition) is 26. The van der Waals surface area contributed by atoms with E-state index in [2.05, 4.69) is 26.6 Å². The van der Waals surface area contributed by atoms with Crippen LogP contribution in [-0.4, -0.2) is 195 Å². The molecule has 11 bridgehead atoms. The summed E-state index contributed by atoms with van der Waals surface area (Å²) in [5, 5.41) is 140. The number of nitrogens with one attached hydrogen (secondary N) is 5. The molecule has 18 N–H and O–H groups in total. The fourth-order valence-electron chi connectivity index (χ4n) is 15.4. The zero-order valence-electron chi connectivity index (χ0n) is 64.9. The van der Waals surface area contributed by atoms with Crippen LogP contribution in [0.15, 0.2) is 127 Å². The Morgan fingerprint density at radius 2 is 1.30 bits per heavy atom. The second kappa shape index (κ2) is 37.2. The molecule has 7 aromatic carbocycles. The fraction of sp³-hybridized carbons (Fsp3) is 0.393. The van der Waals surface area contributed by atoms with E-state index in [1.54, 1.807) is 31.2 Å². The van der Waals surface area contributed by atoms with E-state index in [9.17, 15) is 80.1 Å². The maximum absolute atomic E-state index is 16.3. The van der Waals surface area contributed by atoms with Gasteiger partial charge in [-0.1, -0.05) is 110 Å². The van der Waals surface area contributed by atoms with E-state index in [1.165, 1.54) is 26.0 Å². The third kappa shape index (κ3) is 19.7. The molecule has 36 heteroatoms. The zero-order valence-corrected chi connectivity index (χ0v) is 67.2. The fourth-order valence-corrected chi connectivity index (χ4v) is 15.9. The van der Waals surface area contributed by atoms with Gasteiger partial charge in [-0.25, -0.2) is 9.59 Å². The summed E-state index contributed by atoms with van der Waals surface area (Å²) in [6.45, 7) is 6.68. The summed E-state index contributed by atoms with van der Waals surface area (Å²) in [6, 6.07) is 19.6. The van der Waals surface area contributed by atoms with Gasteiger partial charge in [0.15, 0.2) is 47.6 Å². The highest BCUT2D eigenvalue weighted by molar-refractivity contribution is 6.32. The number of carboxylic acids is 2. The first-order chi connectivity index (χ1) is 56.9. The smallest absolute Gasteiger partial charge is 0.334 e. The van der Waals surface area contributed by atoms with Gasteiger partial charge in [-0.2, -0.15) is 0 Å². The zero-order chi connectivity index (χ0) is 86.8. The number of halogens is 3. The quantitative estimate of drug-likeness (QED) is 0.0375. The third-order valence-electron chi connectivity index (χ3n) is 21.8. The van der Waals surface area contributed by atoms with Gasteiger partial charge in [0.1, 0.15) is 77.4 Å². The maximum atomic E-state index is 16.3. The van der Waals surface area contributed by atoms with Crippen LogP contribution < -0.4 is 46.5 Å². The number of Topliss-reactive ketones (excluding diaryl/α,β-unsaturated/α-hetero) is 2. The van der Waals surface area contributed by atoms with Gasteiger partial charge in [-0.3, -0.25) is 33.6 Å². The summed E-state index contributed by atoms with van der Waals surface area (Å²) < 4.78 is 45.3. The lowest BCUT2D eigenvalue weighted by Gasteiger charge is -2.48. The van der Waals surface area contributed by atoms with E-state index in [1.807, 2.05) is 38.1 Å².